The highest BCUT2D eigenvalue weighted by Crippen LogP contribution is 2.21. The first-order valence-corrected chi connectivity index (χ1v) is 5.54. The standard InChI is InChI=1S/C14H8F4O2/c15-9-5-4-8(6-12(9)18)13(19)7-20-14-10(16)2-1-3-11(14)17/h1-6H,7H2. The van der Waals surface area contributed by atoms with Crippen molar-refractivity contribution in [2.24, 2.45) is 0 Å². The summed E-state index contributed by atoms with van der Waals surface area (Å²) in [5.74, 6) is -5.61. The predicted octanol–water partition coefficient (Wildman–Crippen LogP) is 3.50. The van der Waals surface area contributed by atoms with Crippen LogP contribution in [0.2, 0.25) is 0 Å². The first-order valence-electron chi connectivity index (χ1n) is 5.54. The normalized spacial score (nSPS) is 10.4. The number of halogens is 4. The maximum absolute atomic E-state index is 13.2. The minimum Gasteiger partial charge on any atom is -0.479 e. The number of carbonyl (C=O) groups excluding carboxylic acids is 1. The Balaban J connectivity index is 2.11. The molecule has 2 aromatic rings. The van der Waals surface area contributed by atoms with Gasteiger partial charge in [0.2, 0.25) is 0 Å². The number of hydrogen-bond donors (Lipinski definition) is 0. The van der Waals surface area contributed by atoms with Gasteiger partial charge in [-0.3, -0.25) is 4.79 Å². The average Bonchev–Trinajstić information content (AvgIpc) is 2.41. The first-order chi connectivity index (χ1) is 9.49. The number of ether oxygens (including phenoxy) is 1. The van der Waals surface area contributed by atoms with Gasteiger partial charge >= 0.3 is 0 Å². The minimum atomic E-state index is -1.19. The zero-order valence-corrected chi connectivity index (χ0v) is 10.00. The molecule has 2 nitrogen and oxygen atoms in total. The third kappa shape index (κ3) is 2.96. The van der Waals surface area contributed by atoms with Crippen LogP contribution in [-0.4, -0.2) is 12.4 Å². The van der Waals surface area contributed by atoms with E-state index in [1.165, 1.54) is 0 Å². The molecule has 0 radical (unpaired) electrons. The van der Waals surface area contributed by atoms with Gasteiger partial charge in [0.25, 0.3) is 0 Å². The van der Waals surface area contributed by atoms with E-state index in [1.807, 2.05) is 0 Å². The van der Waals surface area contributed by atoms with Gasteiger partial charge < -0.3 is 4.74 Å². The molecule has 0 N–H and O–H groups in total. The fourth-order valence-electron chi connectivity index (χ4n) is 1.51. The van der Waals surface area contributed by atoms with E-state index in [-0.39, 0.29) is 5.56 Å². The van der Waals surface area contributed by atoms with Crippen LogP contribution in [0, 0.1) is 23.3 Å². The molecule has 6 heteroatoms. The zero-order chi connectivity index (χ0) is 14.7. The Labute approximate surface area is 111 Å². The van der Waals surface area contributed by atoms with Crippen LogP contribution in [0.25, 0.3) is 0 Å². The second-order valence-corrected chi connectivity index (χ2v) is 3.89. The molecule has 0 saturated heterocycles. The molecule has 0 aromatic heterocycles. The molecule has 0 aliphatic carbocycles. The van der Waals surface area contributed by atoms with E-state index in [0.717, 1.165) is 30.3 Å². The lowest BCUT2D eigenvalue weighted by molar-refractivity contribution is 0.0915. The molecule has 20 heavy (non-hydrogen) atoms. The SMILES string of the molecule is O=C(COc1c(F)cccc1F)c1ccc(F)c(F)c1. The van der Waals surface area contributed by atoms with Crippen LogP contribution in [0.3, 0.4) is 0 Å². The molecular formula is C14H8F4O2. The van der Waals surface area contributed by atoms with Crippen LogP contribution in [0.5, 0.6) is 5.75 Å². The molecule has 2 aromatic carbocycles. The Morgan fingerprint density at radius 2 is 1.55 bits per heavy atom. The molecule has 104 valence electrons. The number of rotatable bonds is 4. The van der Waals surface area contributed by atoms with Gasteiger partial charge in [0.15, 0.2) is 41.4 Å². The zero-order valence-electron chi connectivity index (χ0n) is 10.00. The van der Waals surface area contributed by atoms with Crippen molar-refractivity contribution in [1.29, 1.82) is 0 Å². The van der Waals surface area contributed by atoms with Crippen molar-refractivity contribution in [2.45, 2.75) is 0 Å². The number of benzene rings is 2. The van der Waals surface area contributed by atoms with E-state index < -0.39 is 41.4 Å². The topological polar surface area (TPSA) is 26.3 Å². The minimum absolute atomic E-state index is 0.152. The lowest BCUT2D eigenvalue weighted by Gasteiger charge is -2.07. The molecule has 0 amide bonds. The van der Waals surface area contributed by atoms with Crippen molar-refractivity contribution in [1.82, 2.24) is 0 Å². The van der Waals surface area contributed by atoms with E-state index in [2.05, 4.69) is 0 Å². The van der Waals surface area contributed by atoms with Crippen LogP contribution in [0.1, 0.15) is 10.4 Å². The fourth-order valence-corrected chi connectivity index (χ4v) is 1.51. The number of Topliss-reactive ketones (excluding diaryl/α,β-unsaturated/α-hetero) is 1. The number of para-hydroxylation sites is 1. The smallest absolute Gasteiger partial charge is 0.200 e. The Hall–Kier alpha value is -2.37. The molecule has 0 bridgehead atoms. The summed E-state index contributed by atoms with van der Waals surface area (Å²) in [6, 6.07) is 5.63. The summed E-state index contributed by atoms with van der Waals surface area (Å²) in [7, 11) is 0. The second kappa shape index (κ2) is 5.73. The van der Waals surface area contributed by atoms with E-state index in [0.29, 0.717) is 6.07 Å². The quantitative estimate of drug-likeness (QED) is 0.634. The van der Waals surface area contributed by atoms with E-state index in [1.54, 1.807) is 0 Å². The fraction of sp³-hybridized carbons (Fsp3) is 0.0714. The highest BCUT2D eigenvalue weighted by molar-refractivity contribution is 5.97. The van der Waals surface area contributed by atoms with E-state index >= 15 is 0 Å². The van der Waals surface area contributed by atoms with Gasteiger partial charge in [0, 0.05) is 5.56 Å². The van der Waals surface area contributed by atoms with Crippen molar-refractivity contribution >= 4 is 5.78 Å². The van der Waals surface area contributed by atoms with E-state index in [4.69, 9.17) is 4.74 Å². The van der Waals surface area contributed by atoms with Crippen molar-refractivity contribution in [3.63, 3.8) is 0 Å². The van der Waals surface area contributed by atoms with Crippen LogP contribution in [-0.2, 0) is 0 Å². The van der Waals surface area contributed by atoms with Crippen molar-refractivity contribution < 1.29 is 27.1 Å². The summed E-state index contributed by atoms with van der Waals surface area (Å²) in [6.07, 6.45) is 0. The highest BCUT2D eigenvalue weighted by Gasteiger charge is 2.14. The molecule has 0 aliphatic rings. The van der Waals surface area contributed by atoms with Crippen molar-refractivity contribution in [3.05, 3.63) is 65.2 Å². The van der Waals surface area contributed by atoms with Crippen molar-refractivity contribution in [3.8, 4) is 5.75 Å². The largest absolute Gasteiger partial charge is 0.479 e. The molecule has 0 aliphatic heterocycles. The van der Waals surface area contributed by atoms with Gasteiger partial charge in [0.1, 0.15) is 0 Å². The maximum Gasteiger partial charge on any atom is 0.200 e. The van der Waals surface area contributed by atoms with Gasteiger partial charge in [0.05, 0.1) is 0 Å². The lowest BCUT2D eigenvalue weighted by atomic mass is 10.1. The molecule has 0 fully saturated rings. The molecule has 0 heterocycles. The lowest BCUT2D eigenvalue weighted by Crippen LogP contribution is -2.13. The second-order valence-electron chi connectivity index (χ2n) is 3.89. The molecule has 0 atom stereocenters. The van der Waals surface area contributed by atoms with Gasteiger partial charge in [-0.25, -0.2) is 17.6 Å². The van der Waals surface area contributed by atoms with Gasteiger partial charge in [-0.15, -0.1) is 0 Å². The highest BCUT2D eigenvalue weighted by atomic mass is 19.2. The number of hydrogen-bond acceptors (Lipinski definition) is 2. The van der Waals surface area contributed by atoms with E-state index in [9.17, 15) is 22.4 Å². The van der Waals surface area contributed by atoms with Gasteiger partial charge in [-0.05, 0) is 30.3 Å². The van der Waals surface area contributed by atoms with Crippen molar-refractivity contribution in [2.75, 3.05) is 6.61 Å². The van der Waals surface area contributed by atoms with Gasteiger partial charge in [-0.2, -0.15) is 0 Å². The Kier molecular flexibility index (Phi) is 4.02. The summed E-state index contributed by atoms with van der Waals surface area (Å²) >= 11 is 0. The molecular weight excluding hydrogens is 276 g/mol. The third-order valence-electron chi connectivity index (χ3n) is 2.51. The predicted molar refractivity (Wildman–Crippen MR) is 62.5 cm³/mol. The Bertz CT molecular complexity index is 635. The summed E-state index contributed by atoms with van der Waals surface area (Å²) in [5.41, 5.74) is -0.152. The number of ketones is 1. The maximum atomic E-state index is 13.2. The van der Waals surface area contributed by atoms with Crippen LogP contribution in [0.15, 0.2) is 36.4 Å². The first kappa shape index (κ1) is 14.0. The van der Waals surface area contributed by atoms with Crippen LogP contribution < -0.4 is 4.74 Å². The van der Waals surface area contributed by atoms with Crippen LogP contribution in [0.4, 0.5) is 17.6 Å². The van der Waals surface area contributed by atoms with Gasteiger partial charge in [-0.1, -0.05) is 6.07 Å². The molecule has 2 rings (SSSR count). The molecule has 0 spiro atoms. The molecule has 0 saturated carbocycles. The summed E-state index contributed by atoms with van der Waals surface area (Å²) in [5, 5.41) is 0. The summed E-state index contributed by atoms with van der Waals surface area (Å²) in [4.78, 5) is 11.6. The number of carbonyl (C=O) groups is 1. The monoisotopic (exact) mass is 284 g/mol. The van der Waals surface area contributed by atoms with Crippen LogP contribution >= 0.6 is 0 Å². The molecule has 0 unspecified atom stereocenters. The third-order valence-corrected chi connectivity index (χ3v) is 2.51. The average molecular weight is 284 g/mol. The summed E-state index contributed by atoms with van der Waals surface area (Å²) in [6.45, 7) is -0.692. The summed E-state index contributed by atoms with van der Waals surface area (Å²) < 4.78 is 56.9. The Morgan fingerprint density at radius 3 is 2.15 bits per heavy atom. The Morgan fingerprint density at radius 1 is 0.900 bits per heavy atom.